The van der Waals surface area contributed by atoms with Crippen molar-refractivity contribution in [2.75, 3.05) is 0 Å². The average Bonchev–Trinajstić information content (AvgIpc) is 2.34. The smallest absolute Gasteiger partial charge is 0.236 e. The Bertz CT molecular complexity index is 355. The van der Waals surface area contributed by atoms with E-state index in [0.717, 1.165) is 11.0 Å². The van der Waals surface area contributed by atoms with E-state index in [1.165, 1.54) is 10.8 Å². The van der Waals surface area contributed by atoms with Gasteiger partial charge in [0, 0.05) is 11.6 Å². The van der Waals surface area contributed by atoms with E-state index < -0.39 is 0 Å². The van der Waals surface area contributed by atoms with E-state index in [0.29, 0.717) is 0 Å². The zero-order valence-electron chi connectivity index (χ0n) is 5.23. The lowest BCUT2D eigenvalue weighted by Gasteiger charge is -1.90. The SMILES string of the molecule is [B]n1ccc2cncnc21. The number of nitrogens with zero attached hydrogens (tertiary/aromatic N) is 3. The Morgan fingerprint density at radius 3 is 3.20 bits per heavy atom. The van der Waals surface area contributed by atoms with Gasteiger partial charge in [-0.1, -0.05) is 0 Å². The fourth-order valence-corrected chi connectivity index (χ4v) is 0.898. The van der Waals surface area contributed by atoms with Gasteiger partial charge < -0.3 is 4.48 Å². The second-order valence-corrected chi connectivity index (χ2v) is 2.02. The van der Waals surface area contributed by atoms with Crippen molar-refractivity contribution >= 4 is 19.0 Å². The van der Waals surface area contributed by atoms with Crippen molar-refractivity contribution in [1.82, 2.24) is 14.4 Å². The zero-order valence-corrected chi connectivity index (χ0v) is 5.23. The fraction of sp³-hybridized carbons (Fsp3) is 0. The first kappa shape index (κ1) is 5.47. The molecule has 10 heavy (non-hydrogen) atoms. The maximum absolute atomic E-state index is 5.50. The quantitative estimate of drug-likeness (QED) is 0.481. The number of fused-ring (bicyclic) bond motifs is 1. The number of rotatable bonds is 0. The van der Waals surface area contributed by atoms with E-state index in [1.807, 2.05) is 6.07 Å². The summed E-state index contributed by atoms with van der Waals surface area (Å²) in [6, 6.07) is 1.87. The van der Waals surface area contributed by atoms with Gasteiger partial charge in [-0.15, -0.1) is 0 Å². The molecule has 0 amide bonds. The number of hydrogen-bond acceptors (Lipinski definition) is 2. The molecular weight excluding hydrogens is 125 g/mol. The minimum absolute atomic E-state index is 0.759. The van der Waals surface area contributed by atoms with Gasteiger partial charge in [-0.05, 0) is 12.3 Å². The Kier molecular flexibility index (Phi) is 1.00. The molecule has 2 aromatic rings. The minimum atomic E-state index is 0.759. The van der Waals surface area contributed by atoms with E-state index in [1.54, 1.807) is 12.4 Å². The predicted octanol–water partition coefficient (Wildman–Crippen LogP) is 0.363. The molecule has 2 rings (SSSR count). The second kappa shape index (κ2) is 1.83. The van der Waals surface area contributed by atoms with Crippen LogP contribution in [0.5, 0.6) is 0 Å². The lowest BCUT2D eigenvalue weighted by Crippen LogP contribution is -1.89. The second-order valence-electron chi connectivity index (χ2n) is 2.02. The molecule has 3 nitrogen and oxygen atoms in total. The predicted molar refractivity (Wildman–Crippen MR) is 38.7 cm³/mol. The summed E-state index contributed by atoms with van der Waals surface area (Å²) in [5.41, 5.74) is 0.759. The van der Waals surface area contributed by atoms with Crippen LogP contribution in [0.2, 0.25) is 0 Å². The van der Waals surface area contributed by atoms with Crippen LogP contribution in [-0.4, -0.2) is 22.4 Å². The molecule has 0 unspecified atom stereocenters. The number of aromatic nitrogens is 3. The van der Waals surface area contributed by atoms with Gasteiger partial charge in [-0.25, -0.2) is 9.97 Å². The highest BCUT2D eigenvalue weighted by molar-refractivity contribution is 6.10. The van der Waals surface area contributed by atoms with Gasteiger partial charge in [-0.2, -0.15) is 0 Å². The summed E-state index contributed by atoms with van der Waals surface area (Å²) < 4.78 is 1.47. The Labute approximate surface area is 59.1 Å². The summed E-state index contributed by atoms with van der Waals surface area (Å²) in [6.45, 7) is 0. The molecule has 0 atom stereocenters. The van der Waals surface area contributed by atoms with Crippen LogP contribution in [0.25, 0.3) is 11.0 Å². The molecule has 0 saturated carbocycles. The first-order valence-electron chi connectivity index (χ1n) is 2.90. The normalized spacial score (nSPS) is 10.4. The molecule has 0 aliphatic rings. The van der Waals surface area contributed by atoms with Crippen LogP contribution in [0, 0.1) is 0 Å². The van der Waals surface area contributed by atoms with E-state index in [9.17, 15) is 0 Å². The molecule has 46 valence electrons. The highest BCUT2D eigenvalue weighted by Gasteiger charge is 1.94. The van der Waals surface area contributed by atoms with Crippen molar-refractivity contribution in [3.8, 4) is 0 Å². The van der Waals surface area contributed by atoms with Crippen LogP contribution in [0.3, 0.4) is 0 Å². The van der Waals surface area contributed by atoms with Crippen LogP contribution in [0.4, 0.5) is 0 Å². The standard InChI is InChI=1S/C6H4BN3/c7-10-2-1-5-3-8-4-9-6(5)10/h1-4H. The fourth-order valence-electron chi connectivity index (χ4n) is 0.898. The molecule has 0 N–H and O–H groups in total. The molecular formula is C6H4BN3. The summed E-state index contributed by atoms with van der Waals surface area (Å²) in [6.07, 6.45) is 4.96. The van der Waals surface area contributed by atoms with Crippen molar-refractivity contribution in [3.05, 3.63) is 24.8 Å². The summed E-state index contributed by atoms with van der Waals surface area (Å²) in [5, 5.41) is 0.963. The van der Waals surface area contributed by atoms with Gasteiger partial charge in [0.15, 0.2) is 0 Å². The topological polar surface area (TPSA) is 30.7 Å². The van der Waals surface area contributed by atoms with Gasteiger partial charge in [0.25, 0.3) is 0 Å². The van der Waals surface area contributed by atoms with E-state index in [-0.39, 0.29) is 0 Å². The molecule has 0 aromatic carbocycles. The summed E-state index contributed by atoms with van der Waals surface area (Å²) in [7, 11) is 5.50. The molecule has 0 aliphatic heterocycles. The molecule has 2 heterocycles. The lowest BCUT2D eigenvalue weighted by molar-refractivity contribution is 1.17. The van der Waals surface area contributed by atoms with Crippen LogP contribution in [-0.2, 0) is 0 Å². The first-order chi connectivity index (χ1) is 4.88. The Hall–Kier alpha value is -1.32. The van der Waals surface area contributed by atoms with Crippen molar-refractivity contribution in [2.45, 2.75) is 0 Å². The van der Waals surface area contributed by atoms with E-state index in [2.05, 4.69) is 9.97 Å². The summed E-state index contributed by atoms with van der Waals surface area (Å²) in [4.78, 5) is 7.81. The third-order valence-electron chi connectivity index (χ3n) is 1.38. The van der Waals surface area contributed by atoms with Gasteiger partial charge in [0.2, 0.25) is 7.98 Å². The Morgan fingerprint density at radius 1 is 1.50 bits per heavy atom. The van der Waals surface area contributed by atoms with Crippen LogP contribution in [0.15, 0.2) is 24.8 Å². The van der Waals surface area contributed by atoms with Crippen molar-refractivity contribution < 1.29 is 0 Å². The minimum Gasteiger partial charge on any atom is -0.388 e. The monoisotopic (exact) mass is 129 g/mol. The average molecular weight is 129 g/mol. The zero-order chi connectivity index (χ0) is 6.97. The van der Waals surface area contributed by atoms with Gasteiger partial charge in [-0.3, -0.25) is 0 Å². The third kappa shape index (κ3) is 0.619. The van der Waals surface area contributed by atoms with Crippen LogP contribution < -0.4 is 0 Å². The van der Waals surface area contributed by atoms with Crippen molar-refractivity contribution in [3.63, 3.8) is 0 Å². The van der Waals surface area contributed by atoms with Crippen molar-refractivity contribution in [2.24, 2.45) is 0 Å². The summed E-state index contributed by atoms with van der Waals surface area (Å²) in [5.74, 6) is 0. The Morgan fingerprint density at radius 2 is 2.40 bits per heavy atom. The lowest BCUT2D eigenvalue weighted by atomic mass is 10.4. The molecule has 0 saturated heterocycles. The third-order valence-corrected chi connectivity index (χ3v) is 1.38. The number of hydrogen-bond donors (Lipinski definition) is 0. The molecule has 2 radical (unpaired) electrons. The maximum Gasteiger partial charge on any atom is 0.236 e. The van der Waals surface area contributed by atoms with Gasteiger partial charge in [0.1, 0.15) is 12.0 Å². The molecule has 0 aliphatic carbocycles. The van der Waals surface area contributed by atoms with E-state index >= 15 is 0 Å². The molecule has 4 heteroatoms. The summed E-state index contributed by atoms with van der Waals surface area (Å²) >= 11 is 0. The highest BCUT2D eigenvalue weighted by atomic mass is 15.0. The molecule has 0 bridgehead atoms. The van der Waals surface area contributed by atoms with Crippen LogP contribution >= 0.6 is 0 Å². The van der Waals surface area contributed by atoms with E-state index in [4.69, 9.17) is 7.98 Å². The Balaban J connectivity index is 2.93. The highest BCUT2D eigenvalue weighted by Crippen LogP contribution is 2.07. The molecule has 0 spiro atoms. The van der Waals surface area contributed by atoms with Crippen LogP contribution in [0.1, 0.15) is 0 Å². The van der Waals surface area contributed by atoms with Gasteiger partial charge in [0.05, 0.1) is 0 Å². The molecule has 0 fully saturated rings. The van der Waals surface area contributed by atoms with Gasteiger partial charge >= 0.3 is 0 Å². The largest absolute Gasteiger partial charge is 0.388 e. The molecule has 2 aromatic heterocycles. The first-order valence-corrected chi connectivity index (χ1v) is 2.90. The van der Waals surface area contributed by atoms with Crippen molar-refractivity contribution in [1.29, 1.82) is 0 Å². The maximum atomic E-state index is 5.50.